The first-order valence-electron chi connectivity index (χ1n) is 6.19. The maximum Gasteiger partial charge on any atom is 0.315 e. The Kier molecular flexibility index (Phi) is 4.23. The van der Waals surface area contributed by atoms with Crippen LogP contribution in [0.2, 0.25) is 5.02 Å². The van der Waals surface area contributed by atoms with Gasteiger partial charge in [-0.05, 0) is 35.2 Å². The van der Waals surface area contributed by atoms with Crippen LogP contribution in [0, 0.1) is 0 Å². The van der Waals surface area contributed by atoms with Crippen molar-refractivity contribution in [2.24, 2.45) is 0 Å². The molecule has 2 rings (SSSR count). The molecule has 0 bridgehead atoms. The van der Waals surface area contributed by atoms with Gasteiger partial charge < -0.3 is 5.11 Å². The number of rotatable bonds is 4. The zero-order chi connectivity index (χ0) is 13.8. The standard InChI is InChI=1S/C16H15ClO2/c1-2-11-6-8-12(9-7-11)15(16(18)19)13-4-3-5-14(17)10-13/h3-10,15H,2H2,1H3,(H,18,19). The van der Waals surface area contributed by atoms with Gasteiger partial charge in [0.1, 0.15) is 5.92 Å². The van der Waals surface area contributed by atoms with Gasteiger partial charge in [-0.2, -0.15) is 0 Å². The highest BCUT2D eigenvalue weighted by Crippen LogP contribution is 2.27. The fraction of sp³-hybridized carbons (Fsp3) is 0.188. The molecule has 98 valence electrons. The van der Waals surface area contributed by atoms with Crippen LogP contribution in [0.4, 0.5) is 0 Å². The summed E-state index contributed by atoms with van der Waals surface area (Å²) in [6.07, 6.45) is 0.940. The normalized spacial score (nSPS) is 12.1. The summed E-state index contributed by atoms with van der Waals surface area (Å²) >= 11 is 5.94. The molecule has 0 fully saturated rings. The molecule has 0 spiro atoms. The van der Waals surface area contributed by atoms with Gasteiger partial charge in [-0.1, -0.05) is 54.9 Å². The molecule has 0 saturated carbocycles. The van der Waals surface area contributed by atoms with Gasteiger partial charge in [0.2, 0.25) is 0 Å². The first-order chi connectivity index (χ1) is 9.11. The quantitative estimate of drug-likeness (QED) is 0.911. The van der Waals surface area contributed by atoms with Gasteiger partial charge in [0.05, 0.1) is 0 Å². The maximum atomic E-state index is 11.5. The highest BCUT2D eigenvalue weighted by molar-refractivity contribution is 6.30. The van der Waals surface area contributed by atoms with Gasteiger partial charge in [0.15, 0.2) is 0 Å². The van der Waals surface area contributed by atoms with Crippen molar-refractivity contribution in [1.29, 1.82) is 0 Å². The summed E-state index contributed by atoms with van der Waals surface area (Å²) in [5.41, 5.74) is 2.66. The van der Waals surface area contributed by atoms with E-state index in [9.17, 15) is 9.90 Å². The van der Waals surface area contributed by atoms with Gasteiger partial charge in [-0.3, -0.25) is 4.79 Å². The average Bonchev–Trinajstić information content (AvgIpc) is 2.39. The molecule has 0 radical (unpaired) electrons. The lowest BCUT2D eigenvalue weighted by atomic mass is 9.91. The number of carboxylic acids is 1. The van der Waals surface area contributed by atoms with Gasteiger partial charge in [0.25, 0.3) is 0 Å². The number of aryl methyl sites for hydroxylation is 1. The molecule has 1 unspecified atom stereocenters. The second kappa shape index (κ2) is 5.89. The molecule has 0 aliphatic rings. The van der Waals surface area contributed by atoms with E-state index in [1.54, 1.807) is 24.3 Å². The molecule has 0 heterocycles. The Bertz CT molecular complexity index is 576. The van der Waals surface area contributed by atoms with Crippen molar-refractivity contribution in [3.05, 3.63) is 70.2 Å². The van der Waals surface area contributed by atoms with Crippen LogP contribution in [0.5, 0.6) is 0 Å². The van der Waals surface area contributed by atoms with Crippen molar-refractivity contribution in [2.45, 2.75) is 19.3 Å². The van der Waals surface area contributed by atoms with Crippen LogP contribution in [0.3, 0.4) is 0 Å². The van der Waals surface area contributed by atoms with Gasteiger partial charge in [-0.15, -0.1) is 0 Å². The summed E-state index contributed by atoms with van der Waals surface area (Å²) in [6, 6.07) is 14.7. The third-order valence-corrected chi connectivity index (χ3v) is 3.39. The number of carboxylic acid groups (broad SMARTS) is 1. The zero-order valence-corrected chi connectivity index (χ0v) is 11.4. The molecule has 2 aromatic carbocycles. The largest absolute Gasteiger partial charge is 0.481 e. The number of carbonyl (C=O) groups is 1. The topological polar surface area (TPSA) is 37.3 Å². The summed E-state index contributed by atoms with van der Waals surface area (Å²) in [5.74, 6) is -1.55. The Balaban J connectivity index is 2.42. The highest BCUT2D eigenvalue weighted by atomic mass is 35.5. The lowest BCUT2D eigenvalue weighted by molar-refractivity contribution is -0.137. The van der Waals surface area contributed by atoms with E-state index in [1.807, 2.05) is 24.3 Å². The SMILES string of the molecule is CCc1ccc(C(C(=O)O)c2cccc(Cl)c2)cc1. The first-order valence-corrected chi connectivity index (χ1v) is 6.56. The molecular formula is C16H15ClO2. The minimum atomic E-state index is -0.869. The van der Waals surface area contributed by atoms with Crippen molar-refractivity contribution in [3.63, 3.8) is 0 Å². The van der Waals surface area contributed by atoms with Crippen molar-refractivity contribution >= 4 is 17.6 Å². The van der Waals surface area contributed by atoms with E-state index >= 15 is 0 Å². The summed E-state index contributed by atoms with van der Waals surface area (Å²) in [6.45, 7) is 2.07. The van der Waals surface area contributed by atoms with E-state index in [1.165, 1.54) is 5.56 Å². The van der Waals surface area contributed by atoms with Crippen LogP contribution < -0.4 is 0 Å². The third kappa shape index (κ3) is 3.15. The van der Waals surface area contributed by atoms with Crippen LogP contribution in [-0.4, -0.2) is 11.1 Å². The fourth-order valence-electron chi connectivity index (χ4n) is 2.11. The Morgan fingerprint density at radius 2 is 1.84 bits per heavy atom. The smallest absolute Gasteiger partial charge is 0.315 e. The molecule has 1 atom stereocenters. The van der Waals surface area contributed by atoms with Crippen LogP contribution in [0.25, 0.3) is 0 Å². The van der Waals surface area contributed by atoms with E-state index in [0.29, 0.717) is 10.6 Å². The minimum absolute atomic E-state index is 0.550. The predicted octanol–water partition coefficient (Wildman–Crippen LogP) is 4.12. The third-order valence-electron chi connectivity index (χ3n) is 3.15. The maximum absolute atomic E-state index is 11.5. The molecule has 0 aliphatic heterocycles. The molecule has 0 aromatic heterocycles. The molecular weight excluding hydrogens is 260 g/mol. The Morgan fingerprint density at radius 1 is 1.16 bits per heavy atom. The summed E-state index contributed by atoms with van der Waals surface area (Å²) in [5, 5.41) is 10.0. The fourth-order valence-corrected chi connectivity index (χ4v) is 2.31. The highest BCUT2D eigenvalue weighted by Gasteiger charge is 2.22. The summed E-state index contributed by atoms with van der Waals surface area (Å²) in [4.78, 5) is 11.5. The molecule has 0 amide bonds. The molecule has 2 aromatic rings. The Labute approximate surface area is 117 Å². The Hall–Kier alpha value is -1.80. The van der Waals surface area contributed by atoms with Crippen LogP contribution in [0.1, 0.15) is 29.5 Å². The van der Waals surface area contributed by atoms with E-state index in [-0.39, 0.29) is 0 Å². The van der Waals surface area contributed by atoms with Crippen LogP contribution in [-0.2, 0) is 11.2 Å². The molecule has 0 saturated heterocycles. The predicted molar refractivity (Wildman–Crippen MR) is 76.8 cm³/mol. The molecule has 0 aliphatic carbocycles. The monoisotopic (exact) mass is 274 g/mol. The number of aliphatic carboxylic acids is 1. The van der Waals surface area contributed by atoms with Gasteiger partial charge >= 0.3 is 5.97 Å². The minimum Gasteiger partial charge on any atom is -0.481 e. The second-order valence-corrected chi connectivity index (χ2v) is 4.86. The van der Waals surface area contributed by atoms with Crippen LogP contribution in [0.15, 0.2) is 48.5 Å². The second-order valence-electron chi connectivity index (χ2n) is 4.42. The van der Waals surface area contributed by atoms with Crippen molar-refractivity contribution < 1.29 is 9.90 Å². The van der Waals surface area contributed by atoms with E-state index in [2.05, 4.69) is 6.92 Å². The zero-order valence-electron chi connectivity index (χ0n) is 10.6. The van der Waals surface area contributed by atoms with Gasteiger partial charge in [-0.25, -0.2) is 0 Å². The van der Waals surface area contributed by atoms with Crippen LogP contribution >= 0.6 is 11.6 Å². The van der Waals surface area contributed by atoms with Crippen molar-refractivity contribution in [1.82, 2.24) is 0 Å². The number of halogens is 1. The van der Waals surface area contributed by atoms with E-state index in [4.69, 9.17) is 11.6 Å². The first kappa shape index (κ1) is 13.6. The number of hydrogen-bond acceptors (Lipinski definition) is 1. The number of hydrogen-bond donors (Lipinski definition) is 1. The van der Waals surface area contributed by atoms with Crippen molar-refractivity contribution in [3.8, 4) is 0 Å². The molecule has 19 heavy (non-hydrogen) atoms. The summed E-state index contributed by atoms with van der Waals surface area (Å²) < 4.78 is 0. The molecule has 2 nitrogen and oxygen atoms in total. The lowest BCUT2D eigenvalue weighted by Crippen LogP contribution is -2.13. The summed E-state index contributed by atoms with van der Waals surface area (Å²) in [7, 11) is 0. The lowest BCUT2D eigenvalue weighted by Gasteiger charge is -2.14. The number of benzene rings is 2. The van der Waals surface area contributed by atoms with E-state index in [0.717, 1.165) is 12.0 Å². The van der Waals surface area contributed by atoms with Crippen molar-refractivity contribution in [2.75, 3.05) is 0 Å². The van der Waals surface area contributed by atoms with Gasteiger partial charge in [0, 0.05) is 5.02 Å². The Morgan fingerprint density at radius 3 is 2.37 bits per heavy atom. The molecule has 1 N–H and O–H groups in total. The average molecular weight is 275 g/mol. The van der Waals surface area contributed by atoms with E-state index < -0.39 is 11.9 Å². The molecule has 3 heteroatoms.